The SMILES string of the molecule is Cc1ccc(NCc2cccnc2)c(N)c1. The van der Waals surface area contributed by atoms with Gasteiger partial charge in [-0.15, -0.1) is 0 Å². The molecule has 2 rings (SSSR count). The maximum atomic E-state index is 5.91. The molecule has 0 radical (unpaired) electrons. The van der Waals surface area contributed by atoms with Crippen LogP contribution in [0, 0.1) is 6.92 Å². The fourth-order valence-electron chi connectivity index (χ4n) is 1.54. The van der Waals surface area contributed by atoms with Gasteiger partial charge in [0.15, 0.2) is 0 Å². The Morgan fingerprint density at radius 2 is 2.19 bits per heavy atom. The van der Waals surface area contributed by atoms with Crippen molar-refractivity contribution >= 4 is 11.4 Å². The van der Waals surface area contributed by atoms with Crippen LogP contribution in [-0.2, 0) is 6.54 Å². The first-order valence-electron chi connectivity index (χ1n) is 5.24. The quantitative estimate of drug-likeness (QED) is 0.770. The van der Waals surface area contributed by atoms with Crippen molar-refractivity contribution in [3.63, 3.8) is 0 Å². The van der Waals surface area contributed by atoms with Crippen molar-refractivity contribution in [2.75, 3.05) is 11.1 Å². The highest BCUT2D eigenvalue weighted by atomic mass is 14.9. The summed E-state index contributed by atoms with van der Waals surface area (Å²) in [5.74, 6) is 0. The Kier molecular flexibility index (Phi) is 3.05. The lowest BCUT2D eigenvalue weighted by Gasteiger charge is -2.09. The number of nitrogen functional groups attached to an aromatic ring is 1. The second-order valence-corrected chi connectivity index (χ2v) is 3.81. The van der Waals surface area contributed by atoms with Gasteiger partial charge in [0.2, 0.25) is 0 Å². The molecule has 0 spiro atoms. The van der Waals surface area contributed by atoms with E-state index in [-0.39, 0.29) is 0 Å². The van der Waals surface area contributed by atoms with Crippen LogP contribution in [0.25, 0.3) is 0 Å². The summed E-state index contributed by atoms with van der Waals surface area (Å²) in [6.45, 7) is 2.77. The molecular formula is C13H15N3. The maximum Gasteiger partial charge on any atom is 0.0576 e. The van der Waals surface area contributed by atoms with E-state index in [2.05, 4.69) is 10.3 Å². The molecule has 0 aliphatic carbocycles. The van der Waals surface area contributed by atoms with Crippen LogP contribution in [-0.4, -0.2) is 4.98 Å². The van der Waals surface area contributed by atoms with E-state index in [1.165, 1.54) is 5.56 Å². The molecule has 0 aliphatic rings. The minimum absolute atomic E-state index is 0.737. The van der Waals surface area contributed by atoms with Crippen molar-refractivity contribution in [3.05, 3.63) is 53.9 Å². The third kappa shape index (κ3) is 2.51. The second-order valence-electron chi connectivity index (χ2n) is 3.81. The molecule has 0 aliphatic heterocycles. The van der Waals surface area contributed by atoms with Crippen molar-refractivity contribution < 1.29 is 0 Å². The average molecular weight is 213 g/mol. The molecule has 1 aromatic heterocycles. The van der Waals surface area contributed by atoms with Crippen LogP contribution in [0.1, 0.15) is 11.1 Å². The Morgan fingerprint density at radius 3 is 2.88 bits per heavy atom. The summed E-state index contributed by atoms with van der Waals surface area (Å²) >= 11 is 0. The number of benzene rings is 1. The molecule has 0 saturated carbocycles. The van der Waals surface area contributed by atoms with E-state index >= 15 is 0 Å². The van der Waals surface area contributed by atoms with Crippen LogP contribution in [0.5, 0.6) is 0 Å². The van der Waals surface area contributed by atoms with Gasteiger partial charge in [-0.2, -0.15) is 0 Å². The van der Waals surface area contributed by atoms with Crippen molar-refractivity contribution in [1.29, 1.82) is 0 Å². The summed E-state index contributed by atoms with van der Waals surface area (Å²) in [7, 11) is 0. The maximum absolute atomic E-state index is 5.91. The fraction of sp³-hybridized carbons (Fsp3) is 0.154. The molecule has 0 fully saturated rings. The van der Waals surface area contributed by atoms with Crippen LogP contribution in [0.15, 0.2) is 42.7 Å². The molecule has 1 heterocycles. The van der Waals surface area contributed by atoms with Crippen LogP contribution >= 0.6 is 0 Å². The fourth-order valence-corrected chi connectivity index (χ4v) is 1.54. The van der Waals surface area contributed by atoms with Gasteiger partial charge in [0.25, 0.3) is 0 Å². The predicted octanol–water partition coefficient (Wildman–Crippen LogP) is 2.58. The number of hydrogen-bond acceptors (Lipinski definition) is 3. The van der Waals surface area contributed by atoms with E-state index in [1.54, 1.807) is 6.20 Å². The Morgan fingerprint density at radius 1 is 1.31 bits per heavy atom. The number of pyridine rings is 1. The van der Waals surface area contributed by atoms with E-state index < -0.39 is 0 Å². The Bertz CT molecular complexity index is 466. The molecule has 0 atom stereocenters. The van der Waals surface area contributed by atoms with Crippen LogP contribution in [0.3, 0.4) is 0 Å². The molecule has 3 nitrogen and oxygen atoms in total. The zero-order chi connectivity index (χ0) is 11.4. The molecular weight excluding hydrogens is 198 g/mol. The van der Waals surface area contributed by atoms with Gasteiger partial charge in [0.1, 0.15) is 0 Å². The third-order valence-corrected chi connectivity index (χ3v) is 2.41. The lowest BCUT2D eigenvalue weighted by atomic mass is 10.2. The first kappa shape index (κ1) is 10.5. The van der Waals surface area contributed by atoms with Gasteiger partial charge in [0.05, 0.1) is 11.4 Å². The van der Waals surface area contributed by atoms with E-state index in [4.69, 9.17) is 5.73 Å². The standard InChI is InChI=1S/C13H15N3/c1-10-4-5-13(12(14)7-10)16-9-11-3-2-6-15-8-11/h2-8,16H,9,14H2,1H3. The van der Waals surface area contributed by atoms with E-state index in [9.17, 15) is 0 Å². The summed E-state index contributed by atoms with van der Waals surface area (Å²) < 4.78 is 0. The minimum Gasteiger partial charge on any atom is -0.397 e. The molecule has 1 aromatic carbocycles. The van der Waals surface area contributed by atoms with Crippen molar-refractivity contribution in [1.82, 2.24) is 4.98 Å². The molecule has 0 amide bonds. The third-order valence-electron chi connectivity index (χ3n) is 2.41. The second kappa shape index (κ2) is 4.66. The average Bonchev–Trinajstić information content (AvgIpc) is 2.29. The van der Waals surface area contributed by atoms with Gasteiger partial charge in [-0.3, -0.25) is 4.98 Å². The Balaban J connectivity index is 2.05. The predicted molar refractivity (Wildman–Crippen MR) is 67.2 cm³/mol. The number of nitrogens with one attached hydrogen (secondary N) is 1. The molecule has 2 aromatic rings. The number of nitrogens with two attached hydrogens (primary N) is 1. The van der Waals surface area contributed by atoms with Gasteiger partial charge in [0, 0.05) is 18.9 Å². The smallest absolute Gasteiger partial charge is 0.0576 e. The van der Waals surface area contributed by atoms with Gasteiger partial charge < -0.3 is 11.1 Å². The van der Waals surface area contributed by atoms with Gasteiger partial charge in [-0.1, -0.05) is 12.1 Å². The summed E-state index contributed by atoms with van der Waals surface area (Å²) in [6.07, 6.45) is 3.61. The van der Waals surface area contributed by atoms with Gasteiger partial charge in [-0.05, 0) is 36.2 Å². The lowest BCUT2D eigenvalue weighted by molar-refractivity contribution is 1.11. The first-order valence-corrected chi connectivity index (χ1v) is 5.24. The van der Waals surface area contributed by atoms with Crippen molar-refractivity contribution in [3.8, 4) is 0 Å². The summed E-state index contributed by atoms with van der Waals surface area (Å²) in [5, 5.41) is 3.29. The van der Waals surface area contributed by atoms with E-state index in [0.29, 0.717) is 0 Å². The summed E-state index contributed by atoms with van der Waals surface area (Å²) in [4.78, 5) is 4.06. The molecule has 3 heteroatoms. The molecule has 0 unspecified atom stereocenters. The number of anilines is 2. The largest absolute Gasteiger partial charge is 0.397 e. The molecule has 0 bridgehead atoms. The van der Waals surface area contributed by atoms with Gasteiger partial charge in [-0.25, -0.2) is 0 Å². The number of aromatic nitrogens is 1. The monoisotopic (exact) mass is 213 g/mol. The molecule has 16 heavy (non-hydrogen) atoms. The zero-order valence-corrected chi connectivity index (χ0v) is 9.27. The lowest BCUT2D eigenvalue weighted by Crippen LogP contribution is -2.02. The van der Waals surface area contributed by atoms with Gasteiger partial charge >= 0.3 is 0 Å². The summed E-state index contributed by atoms with van der Waals surface area (Å²) in [5.41, 5.74) is 9.97. The minimum atomic E-state index is 0.737. The highest BCUT2D eigenvalue weighted by molar-refractivity contribution is 5.66. The summed E-state index contributed by atoms with van der Waals surface area (Å²) in [6, 6.07) is 9.97. The van der Waals surface area contributed by atoms with Crippen LogP contribution in [0.4, 0.5) is 11.4 Å². The molecule has 82 valence electrons. The van der Waals surface area contributed by atoms with Crippen LogP contribution < -0.4 is 11.1 Å². The Hall–Kier alpha value is -2.03. The Labute approximate surface area is 95.3 Å². The number of aryl methyl sites for hydroxylation is 1. The number of hydrogen-bond donors (Lipinski definition) is 2. The molecule has 3 N–H and O–H groups in total. The molecule has 0 saturated heterocycles. The van der Waals surface area contributed by atoms with E-state index in [0.717, 1.165) is 23.5 Å². The van der Waals surface area contributed by atoms with Crippen LogP contribution in [0.2, 0.25) is 0 Å². The normalized spacial score (nSPS) is 10.1. The number of nitrogens with zero attached hydrogens (tertiary/aromatic N) is 1. The highest BCUT2D eigenvalue weighted by Gasteiger charge is 1.98. The van der Waals surface area contributed by atoms with Crippen molar-refractivity contribution in [2.24, 2.45) is 0 Å². The van der Waals surface area contributed by atoms with Crippen molar-refractivity contribution in [2.45, 2.75) is 13.5 Å². The topological polar surface area (TPSA) is 50.9 Å². The van der Waals surface area contributed by atoms with E-state index in [1.807, 2.05) is 43.5 Å². The zero-order valence-electron chi connectivity index (χ0n) is 9.27. The first-order chi connectivity index (χ1) is 7.75. The number of rotatable bonds is 3. The highest BCUT2D eigenvalue weighted by Crippen LogP contribution is 2.19.